The average molecular weight is 254 g/mol. The number of rotatable bonds is 4. The smallest absolute Gasteiger partial charge is 0.186 e. The van der Waals surface area contributed by atoms with Crippen LogP contribution in [-0.4, -0.2) is 15.0 Å². The molecule has 4 heteroatoms. The zero-order chi connectivity index (χ0) is 13.8. The van der Waals surface area contributed by atoms with E-state index in [1.165, 1.54) is 5.56 Å². The summed E-state index contributed by atoms with van der Waals surface area (Å²) in [5.74, 6) is 0.458. The van der Waals surface area contributed by atoms with Gasteiger partial charge in [0.05, 0.1) is 11.4 Å². The molecular formula is C15H18N4. The summed E-state index contributed by atoms with van der Waals surface area (Å²) in [6, 6.07) is 10.3. The van der Waals surface area contributed by atoms with Gasteiger partial charge in [-0.3, -0.25) is 0 Å². The van der Waals surface area contributed by atoms with Gasteiger partial charge in [0, 0.05) is 0 Å². The lowest BCUT2D eigenvalue weighted by Gasteiger charge is -2.09. The second kappa shape index (κ2) is 5.66. The quantitative estimate of drug-likeness (QED) is 0.843. The SMILES string of the molecule is CCc1ccc(-n2nnc(C#N)c2CC(C)C)cc1. The molecule has 0 bridgehead atoms. The van der Waals surface area contributed by atoms with Crippen molar-refractivity contribution in [3.05, 3.63) is 41.2 Å². The van der Waals surface area contributed by atoms with E-state index in [0.717, 1.165) is 24.2 Å². The lowest BCUT2D eigenvalue weighted by atomic mass is 10.1. The van der Waals surface area contributed by atoms with E-state index in [-0.39, 0.29) is 0 Å². The Hall–Kier alpha value is -2.15. The van der Waals surface area contributed by atoms with E-state index in [2.05, 4.69) is 49.3 Å². The summed E-state index contributed by atoms with van der Waals surface area (Å²) in [7, 11) is 0. The Balaban J connectivity index is 2.43. The summed E-state index contributed by atoms with van der Waals surface area (Å²) >= 11 is 0. The first-order valence-corrected chi connectivity index (χ1v) is 6.59. The summed E-state index contributed by atoms with van der Waals surface area (Å²) in [6.45, 7) is 6.37. The molecule has 0 saturated carbocycles. The molecular weight excluding hydrogens is 236 g/mol. The molecule has 0 unspecified atom stereocenters. The molecule has 98 valence electrons. The molecule has 19 heavy (non-hydrogen) atoms. The molecule has 1 aromatic carbocycles. The van der Waals surface area contributed by atoms with Crippen molar-refractivity contribution in [2.24, 2.45) is 5.92 Å². The summed E-state index contributed by atoms with van der Waals surface area (Å²) in [6.07, 6.45) is 1.81. The van der Waals surface area contributed by atoms with Gasteiger partial charge in [0.15, 0.2) is 5.69 Å². The zero-order valence-electron chi connectivity index (χ0n) is 11.6. The monoisotopic (exact) mass is 254 g/mol. The molecule has 0 spiro atoms. The van der Waals surface area contributed by atoms with Crippen LogP contribution in [0.4, 0.5) is 0 Å². The Labute approximate surface area is 113 Å². The van der Waals surface area contributed by atoms with Crippen molar-refractivity contribution >= 4 is 0 Å². The first-order valence-electron chi connectivity index (χ1n) is 6.59. The second-order valence-corrected chi connectivity index (χ2v) is 5.03. The van der Waals surface area contributed by atoms with Crippen LogP contribution >= 0.6 is 0 Å². The predicted octanol–water partition coefficient (Wildman–Crippen LogP) is 2.90. The van der Waals surface area contributed by atoms with Gasteiger partial charge in [0.1, 0.15) is 6.07 Å². The van der Waals surface area contributed by atoms with Crippen molar-refractivity contribution in [1.29, 1.82) is 5.26 Å². The molecule has 2 rings (SSSR count). The molecule has 0 aliphatic carbocycles. The predicted molar refractivity (Wildman–Crippen MR) is 74.0 cm³/mol. The van der Waals surface area contributed by atoms with Crippen molar-refractivity contribution in [2.45, 2.75) is 33.6 Å². The number of nitriles is 1. The molecule has 0 aliphatic heterocycles. The highest BCUT2D eigenvalue weighted by Crippen LogP contribution is 2.17. The molecule has 0 amide bonds. The van der Waals surface area contributed by atoms with Gasteiger partial charge in [-0.25, -0.2) is 4.68 Å². The Bertz CT molecular complexity index is 588. The Morgan fingerprint density at radius 3 is 2.47 bits per heavy atom. The summed E-state index contributed by atoms with van der Waals surface area (Å²) in [5, 5.41) is 17.2. The summed E-state index contributed by atoms with van der Waals surface area (Å²) < 4.78 is 1.78. The van der Waals surface area contributed by atoms with Crippen LogP contribution in [0.15, 0.2) is 24.3 Å². The highest BCUT2D eigenvalue weighted by Gasteiger charge is 2.15. The van der Waals surface area contributed by atoms with Gasteiger partial charge in [-0.2, -0.15) is 5.26 Å². The van der Waals surface area contributed by atoms with Gasteiger partial charge >= 0.3 is 0 Å². The molecule has 2 aromatic rings. The fraction of sp³-hybridized carbons (Fsp3) is 0.400. The van der Waals surface area contributed by atoms with Gasteiger partial charge in [-0.15, -0.1) is 5.10 Å². The fourth-order valence-corrected chi connectivity index (χ4v) is 2.04. The summed E-state index contributed by atoms with van der Waals surface area (Å²) in [4.78, 5) is 0. The number of hydrogen-bond donors (Lipinski definition) is 0. The highest BCUT2D eigenvalue weighted by atomic mass is 15.4. The molecule has 1 aromatic heterocycles. The lowest BCUT2D eigenvalue weighted by Crippen LogP contribution is -2.06. The van der Waals surface area contributed by atoms with Crippen LogP contribution in [0.1, 0.15) is 37.7 Å². The number of benzene rings is 1. The zero-order valence-corrected chi connectivity index (χ0v) is 11.6. The number of aromatic nitrogens is 3. The Morgan fingerprint density at radius 1 is 1.26 bits per heavy atom. The van der Waals surface area contributed by atoms with E-state index in [1.54, 1.807) is 4.68 Å². The largest absolute Gasteiger partial charge is 0.216 e. The van der Waals surface area contributed by atoms with E-state index >= 15 is 0 Å². The van der Waals surface area contributed by atoms with Crippen molar-refractivity contribution in [2.75, 3.05) is 0 Å². The van der Waals surface area contributed by atoms with E-state index in [0.29, 0.717) is 11.6 Å². The molecule has 0 atom stereocenters. The Morgan fingerprint density at radius 2 is 1.95 bits per heavy atom. The minimum Gasteiger partial charge on any atom is -0.216 e. The fourth-order valence-electron chi connectivity index (χ4n) is 2.04. The second-order valence-electron chi connectivity index (χ2n) is 5.03. The summed E-state index contributed by atoms with van der Waals surface area (Å²) in [5.41, 5.74) is 3.56. The highest BCUT2D eigenvalue weighted by molar-refractivity contribution is 5.38. The van der Waals surface area contributed by atoms with E-state index in [1.807, 2.05) is 12.1 Å². The van der Waals surface area contributed by atoms with Gasteiger partial charge in [-0.05, 0) is 36.5 Å². The maximum atomic E-state index is 9.11. The number of nitrogens with zero attached hydrogens (tertiary/aromatic N) is 4. The number of aryl methyl sites for hydroxylation is 1. The maximum Gasteiger partial charge on any atom is 0.186 e. The minimum absolute atomic E-state index is 0.424. The van der Waals surface area contributed by atoms with Crippen molar-refractivity contribution < 1.29 is 0 Å². The lowest BCUT2D eigenvalue weighted by molar-refractivity contribution is 0.613. The maximum absolute atomic E-state index is 9.11. The first kappa shape index (κ1) is 13.3. The number of hydrogen-bond acceptors (Lipinski definition) is 3. The van der Waals surface area contributed by atoms with Crippen LogP contribution in [0.2, 0.25) is 0 Å². The molecule has 0 N–H and O–H groups in total. The molecule has 0 fully saturated rings. The van der Waals surface area contributed by atoms with Gasteiger partial charge in [0.25, 0.3) is 0 Å². The first-order chi connectivity index (χ1) is 9.15. The van der Waals surface area contributed by atoms with Crippen molar-refractivity contribution in [3.63, 3.8) is 0 Å². The van der Waals surface area contributed by atoms with Gasteiger partial charge < -0.3 is 0 Å². The van der Waals surface area contributed by atoms with Crippen LogP contribution in [-0.2, 0) is 12.8 Å². The van der Waals surface area contributed by atoms with Gasteiger partial charge in [0.2, 0.25) is 0 Å². The standard InChI is InChI=1S/C15H18N4/c1-4-12-5-7-13(8-6-12)19-15(9-11(2)3)14(10-16)17-18-19/h5-8,11H,4,9H2,1-3H3. The third-order valence-electron chi connectivity index (χ3n) is 3.06. The van der Waals surface area contributed by atoms with Crippen LogP contribution in [0.3, 0.4) is 0 Å². The van der Waals surface area contributed by atoms with Crippen LogP contribution in [0, 0.1) is 17.2 Å². The minimum atomic E-state index is 0.424. The molecule has 0 saturated heterocycles. The van der Waals surface area contributed by atoms with Gasteiger partial charge in [-0.1, -0.05) is 38.1 Å². The molecule has 0 aliphatic rings. The van der Waals surface area contributed by atoms with Crippen LogP contribution < -0.4 is 0 Å². The van der Waals surface area contributed by atoms with Crippen LogP contribution in [0.5, 0.6) is 0 Å². The third kappa shape index (κ3) is 2.82. The molecule has 0 radical (unpaired) electrons. The van der Waals surface area contributed by atoms with E-state index in [9.17, 15) is 0 Å². The van der Waals surface area contributed by atoms with E-state index < -0.39 is 0 Å². The van der Waals surface area contributed by atoms with E-state index in [4.69, 9.17) is 5.26 Å². The topological polar surface area (TPSA) is 54.5 Å². The van der Waals surface area contributed by atoms with Crippen molar-refractivity contribution in [1.82, 2.24) is 15.0 Å². The third-order valence-corrected chi connectivity index (χ3v) is 3.06. The average Bonchev–Trinajstić information content (AvgIpc) is 2.81. The normalized spacial score (nSPS) is 10.7. The molecule has 4 nitrogen and oxygen atoms in total. The van der Waals surface area contributed by atoms with Crippen molar-refractivity contribution in [3.8, 4) is 11.8 Å². The Kier molecular flexibility index (Phi) is 3.96. The molecule has 1 heterocycles. The van der Waals surface area contributed by atoms with Crippen LogP contribution in [0.25, 0.3) is 5.69 Å².